The molecule has 1 rings (SSSR count). The van der Waals surface area contributed by atoms with E-state index in [1.807, 2.05) is 0 Å². The van der Waals surface area contributed by atoms with Gasteiger partial charge >= 0.3 is 0 Å². The van der Waals surface area contributed by atoms with Gasteiger partial charge in [-0.25, -0.2) is 0 Å². The van der Waals surface area contributed by atoms with Crippen molar-refractivity contribution in [3.63, 3.8) is 0 Å². The summed E-state index contributed by atoms with van der Waals surface area (Å²) in [5.74, 6) is -0.294. The Kier molecular flexibility index (Phi) is 5.08. The van der Waals surface area contributed by atoms with E-state index < -0.39 is 12.3 Å². The lowest BCUT2D eigenvalue weighted by Gasteiger charge is -2.16. The average Bonchev–Trinajstić information content (AvgIpc) is 2.76. The van der Waals surface area contributed by atoms with E-state index in [9.17, 15) is 4.79 Å². The van der Waals surface area contributed by atoms with E-state index in [1.54, 1.807) is 24.1 Å². The zero-order valence-corrected chi connectivity index (χ0v) is 10.2. The van der Waals surface area contributed by atoms with Crippen molar-refractivity contribution in [2.75, 3.05) is 20.8 Å². The molecule has 7 heteroatoms. The molecule has 96 valence electrons. The van der Waals surface area contributed by atoms with Crippen LogP contribution in [-0.4, -0.2) is 42.7 Å². The molecule has 1 atom stereocenters. The molecule has 1 aromatic rings. The second-order valence-electron chi connectivity index (χ2n) is 3.57. The Morgan fingerprint density at radius 1 is 1.59 bits per heavy atom. The van der Waals surface area contributed by atoms with Crippen LogP contribution in [0.5, 0.6) is 0 Å². The van der Waals surface area contributed by atoms with Crippen LogP contribution in [0.15, 0.2) is 12.4 Å². The number of aromatic nitrogens is 2. The second-order valence-corrected chi connectivity index (χ2v) is 3.57. The molecule has 1 unspecified atom stereocenters. The Bertz CT molecular complexity index is 362. The van der Waals surface area contributed by atoms with Gasteiger partial charge in [0.15, 0.2) is 6.29 Å². The van der Waals surface area contributed by atoms with Gasteiger partial charge in [-0.3, -0.25) is 9.48 Å². The molecule has 17 heavy (non-hydrogen) atoms. The normalized spacial score (nSPS) is 12.8. The lowest BCUT2D eigenvalue weighted by molar-refractivity contribution is -0.128. The van der Waals surface area contributed by atoms with Crippen LogP contribution in [0.3, 0.4) is 0 Å². The van der Waals surface area contributed by atoms with E-state index in [4.69, 9.17) is 15.2 Å². The number of nitrogens with two attached hydrogens (primary N) is 1. The second kappa shape index (κ2) is 6.33. The van der Waals surface area contributed by atoms with Crippen LogP contribution >= 0.6 is 0 Å². The largest absolute Gasteiger partial charge is 0.354 e. The van der Waals surface area contributed by atoms with Crippen molar-refractivity contribution < 1.29 is 14.3 Å². The molecule has 1 aromatic heterocycles. The number of carbonyl (C=O) groups is 1. The number of methoxy groups -OCH3 is 2. The van der Waals surface area contributed by atoms with Gasteiger partial charge in [-0.2, -0.15) is 5.10 Å². The predicted molar refractivity (Wildman–Crippen MR) is 61.0 cm³/mol. The first-order chi connectivity index (χ1) is 8.08. The Morgan fingerprint density at radius 3 is 2.71 bits per heavy atom. The van der Waals surface area contributed by atoms with Crippen molar-refractivity contribution in [3.8, 4) is 0 Å². The van der Waals surface area contributed by atoms with Gasteiger partial charge in [-0.15, -0.1) is 0 Å². The standard InChI is InChI=1S/C10H18N4O3/c1-14-6-7(4-13-14)9(11)10(15)12-5-8(16-2)17-3/h4,6,8-9H,5,11H2,1-3H3,(H,12,15). The monoisotopic (exact) mass is 242 g/mol. The van der Waals surface area contributed by atoms with Crippen LogP contribution in [-0.2, 0) is 21.3 Å². The van der Waals surface area contributed by atoms with Crippen molar-refractivity contribution in [3.05, 3.63) is 18.0 Å². The Balaban J connectivity index is 2.47. The SMILES string of the molecule is COC(CNC(=O)C(N)c1cnn(C)c1)OC. The molecule has 0 fully saturated rings. The topological polar surface area (TPSA) is 91.4 Å². The number of aryl methyl sites for hydroxylation is 1. The van der Waals surface area contributed by atoms with Gasteiger partial charge in [-0.05, 0) is 0 Å². The van der Waals surface area contributed by atoms with Crippen molar-refractivity contribution >= 4 is 5.91 Å². The highest BCUT2D eigenvalue weighted by Gasteiger charge is 2.18. The summed E-state index contributed by atoms with van der Waals surface area (Å²) >= 11 is 0. The Morgan fingerprint density at radius 2 is 2.24 bits per heavy atom. The summed E-state index contributed by atoms with van der Waals surface area (Å²) in [6.45, 7) is 0.250. The fourth-order valence-corrected chi connectivity index (χ4v) is 1.31. The highest BCUT2D eigenvalue weighted by molar-refractivity contribution is 5.82. The number of carbonyl (C=O) groups excluding carboxylic acids is 1. The molecule has 0 aliphatic carbocycles. The minimum atomic E-state index is -0.738. The number of ether oxygens (including phenoxy) is 2. The highest BCUT2D eigenvalue weighted by atomic mass is 16.7. The van der Waals surface area contributed by atoms with E-state index in [-0.39, 0.29) is 12.5 Å². The van der Waals surface area contributed by atoms with Crippen molar-refractivity contribution in [1.29, 1.82) is 0 Å². The van der Waals surface area contributed by atoms with Crippen LogP contribution < -0.4 is 11.1 Å². The van der Waals surface area contributed by atoms with Crippen LogP contribution in [0.2, 0.25) is 0 Å². The van der Waals surface area contributed by atoms with Gasteiger partial charge in [0.2, 0.25) is 5.91 Å². The van der Waals surface area contributed by atoms with Crippen molar-refractivity contribution in [2.24, 2.45) is 12.8 Å². The predicted octanol–water partition coefficient (Wildman–Crippen LogP) is -0.845. The lowest BCUT2D eigenvalue weighted by Crippen LogP contribution is -2.39. The summed E-state index contributed by atoms with van der Waals surface area (Å²) in [6.07, 6.45) is 2.79. The maximum Gasteiger partial charge on any atom is 0.241 e. The van der Waals surface area contributed by atoms with Gasteiger partial charge < -0.3 is 20.5 Å². The number of hydrogen-bond donors (Lipinski definition) is 2. The summed E-state index contributed by atoms with van der Waals surface area (Å²) in [4.78, 5) is 11.7. The molecular weight excluding hydrogens is 224 g/mol. The number of hydrogen-bond acceptors (Lipinski definition) is 5. The quantitative estimate of drug-likeness (QED) is 0.634. The van der Waals surface area contributed by atoms with Crippen molar-refractivity contribution in [2.45, 2.75) is 12.3 Å². The molecule has 1 heterocycles. The van der Waals surface area contributed by atoms with Crippen LogP contribution in [0, 0.1) is 0 Å². The average molecular weight is 242 g/mol. The molecule has 0 aliphatic heterocycles. The summed E-state index contributed by atoms with van der Waals surface area (Å²) in [7, 11) is 4.77. The fourth-order valence-electron chi connectivity index (χ4n) is 1.31. The van der Waals surface area contributed by atoms with E-state index in [0.717, 1.165) is 0 Å². The lowest BCUT2D eigenvalue weighted by atomic mass is 10.1. The molecular formula is C10H18N4O3. The van der Waals surface area contributed by atoms with Crippen molar-refractivity contribution in [1.82, 2.24) is 15.1 Å². The van der Waals surface area contributed by atoms with E-state index in [1.165, 1.54) is 14.2 Å². The summed E-state index contributed by atoms with van der Waals surface area (Å²) in [5, 5.41) is 6.60. The number of rotatable bonds is 6. The number of nitrogens with one attached hydrogen (secondary N) is 1. The van der Waals surface area contributed by atoms with Gasteiger partial charge in [0.25, 0.3) is 0 Å². The van der Waals surface area contributed by atoms with Crippen LogP contribution in [0.25, 0.3) is 0 Å². The van der Waals surface area contributed by atoms with Gasteiger partial charge in [-0.1, -0.05) is 0 Å². The summed E-state index contributed by atoms with van der Waals surface area (Å²) in [5.41, 5.74) is 6.44. The zero-order valence-electron chi connectivity index (χ0n) is 10.2. The number of amides is 1. The first-order valence-electron chi connectivity index (χ1n) is 5.16. The third kappa shape index (κ3) is 3.81. The Hall–Kier alpha value is -1.44. The molecule has 0 saturated carbocycles. The van der Waals surface area contributed by atoms with E-state index in [2.05, 4.69) is 10.4 Å². The van der Waals surface area contributed by atoms with Gasteiger partial charge in [0, 0.05) is 33.0 Å². The minimum Gasteiger partial charge on any atom is -0.354 e. The third-order valence-corrected chi connectivity index (χ3v) is 2.34. The smallest absolute Gasteiger partial charge is 0.241 e. The number of nitrogens with zero attached hydrogens (tertiary/aromatic N) is 2. The maximum atomic E-state index is 11.7. The molecule has 7 nitrogen and oxygen atoms in total. The van der Waals surface area contributed by atoms with Gasteiger partial charge in [0.1, 0.15) is 6.04 Å². The third-order valence-electron chi connectivity index (χ3n) is 2.34. The Labute approximate surface area is 99.9 Å². The van der Waals surface area contributed by atoms with Gasteiger partial charge in [0.05, 0.1) is 12.7 Å². The van der Waals surface area contributed by atoms with Crippen LogP contribution in [0.4, 0.5) is 0 Å². The highest BCUT2D eigenvalue weighted by Crippen LogP contribution is 2.08. The molecule has 0 spiro atoms. The molecule has 3 N–H and O–H groups in total. The minimum absolute atomic E-state index is 0.250. The molecule has 0 aromatic carbocycles. The molecule has 0 bridgehead atoms. The first-order valence-corrected chi connectivity index (χ1v) is 5.16. The summed E-state index contributed by atoms with van der Waals surface area (Å²) in [6, 6.07) is -0.738. The van der Waals surface area contributed by atoms with E-state index >= 15 is 0 Å². The molecule has 0 radical (unpaired) electrons. The van der Waals surface area contributed by atoms with Crippen LogP contribution in [0.1, 0.15) is 11.6 Å². The molecule has 0 aliphatic rings. The molecule has 1 amide bonds. The maximum absolute atomic E-state index is 11.7. The first kappa shape index (κ1) is 13.6. The molecule has 0 saturated heterocycles. The summed E-state index contributed by atoms with van der Waals surface area (Å²) < 4.78 is 11.5. The zero-order chi connectivity index (χ0) is 12.8. The fraction of sp³-hybridized carbons (Fsp3) is 0.600. The van der Waals surface area contributed by atoms with E-state index in [0.29, 0.717) is 5.56 Å².